The van der Waals surface area contributed by atoms with E-state index in [-0.39, 0.29) is 17.4 Å². The lowest BCUT2D eigenvalue weighted by molar-refractivity contribution is -0.132. The summed E-state index contributed by atoms with van der Waals surface area (Å²) in [5.41, 5.74) is 3.79. The molecule has 4 rings (SSSR count). The fourth-order valence-electron chi connectivity index (χ4n) is 4.18. The Morgan fingerprint density at radius 2 is 1.94 bits per heavy atom. The van der Waals surface area contributed by atoms with Crippen molar-refractivity contribution in [2.45, 2.75) is 75.7 Å². The quantitative estimate of drug-likeness (QED) is 0.489. The minimum absolute atomic E-state index is 0.0264. The lowest BCUT2D eigenvalue weighted by Gasteiger charge is -2.56. The predicted molar refractivity (Wildman–Crippen MR) is 112 cm³/mol. The number of aliphatic hydroxyl groups excluding tert-OH is 1. The summed E-state index contributed by atoms with van der Waals surface area (Å²) >= 11 is 5.64. The Kier molecular flexibility index (Phi) is 6.69. The molecule has 172 valence electrons. The Bertz CT molecular complexity index is 837. The summed E-state index contributed by atoms with van der Waals surface area (Å²) in [6, 6.07) is 3.94. The molecule has 0 saturated heterocycles. The van der Waals surface area contributed by atoms with Gasteiger partial charge in [0.1, 0.15) is 17.2 Å². The monoisotopic (exact) mass is 457 g/mol. The number of hydrazine groups is 1. The summed E-state index contributed by atoms with van der Waals surface area (Å²) in [5.74, 6) is -0.834. The molecule has 0 unspecified atom stereocenters. The summed E-state index contributed by atoms with van der Waals surface area (Å²) in [5, 5.41) is 13.6. The van der Waals surface area contributed by atoms with Crippen molar-refractivity contribution in [1.29, 1.82) is 0 Å². The number of aliphatic hydroxyl groups is 1. The molecule has 8 nitrogen and oxygen atoms in total. The molecule has 2 bridgehead atoms. The Morgan fingerprint density at radius 3 is 2.52 bits per heavy atom. The third-order valence-electron chi connectivity index (χ3n) is 5.80. The number of halogens is 2. The van der Waals surface area contributed by atoms with Gasteiger partial charge >= 0.3 is 6.09 Å². The maximum atomic E-state index is 13.5. The van der Waals surface area contributed by atoms with E-state index in [1.165, 1.54) is 12.1 Å². The number of hydrogen-bond acceptors (Lipinski definition) is 6. The molecule has 3 aliphatic carbocycles. The Labute approximate surface area is 185 Å². The largest absolute Gasteiger partial charge is 0.484 e. The van der Waals surface area contributed by atoms with E-state index in [9.17, 15) is 19.1 Å². The molecule has 0 radical (unpaired) electrons. The zero-order chi connectivity index (χ0) is 22.9. The molecule has 0 spiro atoms. The third-order valence-corrected chi connectivity index (χ3v) is 6.11. The molecule has 0 aliphatic heterocycles. The number of nitrogens with one attached hydrogen (secondary N) is 3. The predicted octanol–water partition coefficient (Wildman–Crippen LogP) is 2.82. The van der Waals surface area contributed by atoms with Crippen LogP contribution in [-0.2, 0) is 9.53 Å². The van der Waals surface area contributed by atoms with Crippen molar-refractivity contribution in [2.24, 2.45) is 0 Å². The SMILES string of the molecule is CC(C)(C)OC(=O)NNC12CCC(NC(=O)COc3ccc(Cl)c(F)c3)(CC1)[C@@H](O)C2. The summed E-state index contributed by atoms with van der Waals surface area (Å²) in [4.78, 5) is 24.4. The summed E-state index contributed by atoms with van der Waals surface area (Å²) in [6.07, 6.45) is 1.39. The molecule has 3 aliphatic rings. The van der Waals surface area contributed by atoms with E-state index < -0.39 is 40.6 Å². The highest BCUT2D eigenvalue weighted by molar-refractivity contribution is 6.30. The number of carbonyl (C=O) groups is 2. The molecular formula is C21H29ClFN3O5. The van der Waals surface area contributed by atoms with Gasteiger partial charge in [-0.25, -0.2) is 14.6 Å². The van der Waals surface area contributed by atoms with E-state index in [0.29, 0.717) is 32.1 Å². The lowest BCUT2D eigenvalue weighted by Crippen LogP contribution is -2.71. The van der Waals surface area contributed by atoms with E-state index in [4.69, 9.17) is 21.1 Å². The van der Waals surface area contributed by atoms with E-state index >= 15 is 0 Å². The zero-order valence-corrected chi connectivity index (χ0v) is 18.6. The number of amides is 2. The molecular weight excluding hydrogens is 429 g/mol. The molecule has 0 heterocycles. The number of fused-ring (bicyclic) bond motifs is 3. The molecule has 1 aromatic rings. The molecule has 1 atom stereocenters. The second-order valence-corrected chi connectivity index (χ2v) is 9.73. The average Bonchev–Trinajstić information content (AvgIpc) is 2.68. The van der Waals surface area contributed by atoms with Crippen LogP contribution < -0.4 is 20.9 Å². The number of hydrogen-bond donors (Lipinski definition) is 4. The Balaban J connectivity index is 1.51. The van der Waals surface area contributed by atoms with Crippen molar-refractivity contribution < 1.29 is 28.6 Å². The van der Waals surface area contributed by atoms with Crippen LogP contribution in [0.4, 0.5) is 9.18 Å². The van der Waals surface area contributed by atoms with Gasteiger partial charge in [-0.2, -0.15) is 0 Å². The number of benzene rings is 1. The van der Waals surface area contributed by atoms with Crippen LogP contribution in [0.5, 0.6) is 5.75 Å². The molecule has 10 heteroatoms. The molecule has 2 amide bonds. The Hall–Kier alpha value is -2.10. The fraction of sp³-hybridized carbons (Fsp3) is 0.619. The topological polar surface area (TPSA) is 109 Å². The van der Waals surface area contributed by atoms with Gasteiger partial charge in [-0.15, -0.1) is 0 Å². The Morgan fingerprint density at radius 1 is 1.26 bits per heavy atom. The van der Waals surface area contributed by atoms with Crippen molar-refractivity contribution >= 4 is 23.6 Å². The van der Waals surface area contributed by atoms with Crippen LogP contribution >= 0.6 is 11.6 Å². The highest BCUT2D eigenvalue weighted by atomic mass is 35.5. The van der Waals surface area contributed by atoms with Gasteiger partial charge in [-0.1, -0.05) is 11.6 Å². The first-order valence-corrected chi connectivity index (χ1v) is 10.6. The van der Waals surface area contributed by atoms with Crippen LogP contribution in [-0.4, -0.2) is 46.5 Å². The van der Waals surface area contributed by atoms with Crippen LogP contribution in [0.1, 0.15) is 52.9 Å². The normalized spacial score (nSPS) is 27.5. The maximum absolute atomic E-state index is 13.5. The van der Waals surface area contributed by atoms with Gasteiger partial charge in [-0.05, 0) is 65.0 Å². The van der Waals surface area contributed by atoms with Crippen LogP contribution in [0.2, 0.25) is 5.02 Å². The molecule has 1 aromatic carbocycles. The van der Waals surface area contributed by atoms with Gasteiger partial charge in [0.25, 0.3) is 5.91 Å². The van der Waals surface area contributed by atoms with E-state index in [0.717, 1.165) is 6.07 Å². The van der Waals surface area contributed by atoms with Crippen molar-refractivity contribution in [1.82, 2.24) is 16.2 Å². The second kappa shape index (κ2) is 8.80. The van der Waals surface area contributed by atoms with Crippen LogP contribution in [0.3, 0.4) is 0 Å². The van der Waals surface area contributed by atoms with Gasteiger partial charge in [0.05, 0.1) is 16.7 Å². The smallest absolute Gasteiger partial charge is 0.422 e. The number of ether oxygens (including phenoxy) is 2. The van der Waals surface area contributed by atoms with Gasteiger partial charge in [0.15, 0.2) is 6.61 Å². The number of carbonyl (C=O) groups excluding carboxylic acids is 2. The van der Waals surface area contributed by atoms with Crippen molar-refractivity contribution in [3.63, 3.8) is 0 Å². The van der Waals surface area contributed by atoms with Crippen molar-refractivity contribution in [3.8, 4) is 5.75 Å². The van der Waals surface area contributed by atoms with Gasteiger partial charge in [0, 0.05) is 11.6 Å². The zero-order valence-electron chi connectivity index (χ0n) is 17.9. The van der Waals surface area contributed by atoms with Crippen LogP contribution in [0.15, 0.2) is 18.2 Å². The van der Waals surface area contributed by atoms with E-state index in [2.05, 4.69) is 16.2 Å². The molecule has 31 heavy (non-hydrogen) atoms. The second-order valence-electron chi connectivity index (χ2n) is 9.32. The summed E-state index contributed by atoms with van der Waals surface area (Å²) in [7, 11) is 0. The van der Waals surface area contributed by atoms with Crippen LogP contribution in [0, 0.1) is 5.82 Å². The van der Waals surface area contributed by atoms with Gasteiger partial charge in [0.2, 0.25) is 0 Å². The van der Waals surface area contributed by atoms with Crippen molar-refractivity contribution in [3.05, 3.63) is 29.0 Å². The minimum atomic E-state index is -0.792. The first-order valence-electron chi connectivity index (χ1n) is 10.3. The third kappa shape index (κ3) is 5.78. The first-order chi connectivity index (χ1) is 14.4. The van der Waals surface area contributed by atoms with E-state index in [1.54, 1.807) is 20.8 Å². The standard InChI is InChI=1S/C21H29ClFN3O5/c1-19(2,3)31-18(29)25-26-20-6-8-21(9-7-20,16(27)11-20)24-17(28)12-30-13-4-5-14(22)15(23)10-13/h4-5,10,16,26-27H,6-9,11-12H2,1-3H3,(H,24,28)(H,25,29)/t16-,20?,21?/m0/s1. The number of rotatable bonds is 6. The maximum Gasteiger partial charge on any atom is 0.422 e. The molecule has 0 aromatic heterocycles. The van der Waals surface area contributed by atoms with Gasteiger partial charge in [-0.3, -0.25) is 10.2 Å². The molecule has 3 fully saturated rings. The first kappa shape index (κ1) is 23.6. The lowest BCUT2D eigenvalue weighted by atomic mass is 9.60. The minimum Gasteiger partial charge on any atom is -0.484 e. The van der Waals surface area contributed by atoms with Crippen LogP contribution in [0.25, 0.3) is 0 Å². The summed E-state index contributed by atoms with van der Waals surface area (Å²) < 4.78 is 24.1. The fourth-order valence-corrected chi connectivity index (χ4v) is 4.30. The highest BCUT2D eigenvalue weighted by Crippen LogP contribution is 2.46. The highest BCUT2D eigenvalue weighted by Gasteiger charge is 2.55. The molecule has 4 N–H and O–H groups in total. The van der Waals surface area contributed by atoms with Crippen molar-refractivity contribution in [2.75, 3.05) is 6.61 Å². The average molecular weight is 458 g/mol. The van der Waals surface area contributed by atoms with Gasteiger partial charge < -0.3 is 19.9 Å². The molecule has 3 saturated carbocycles. The van der Waals surface area contributed by atoms with E-state index in [1.807, 2.05) is 0 Å². The summed E-state index contributed by atoms with van der Waals surface area (Å²) in [6.45, 7) is 5.03.